The van der Waals surface area contributed by atoms with Crippen molar-refractivity contribution >= 4 is 0 Å². The molecule has 1 aliphatic heterocycles. The van der Waals surface area contributed by atoms with E-state index in [9.17, 15) is 0 Å². The fraction of sp³-hybridized carbons (Fsp3) is 0.818. The van der Waals surface area contributed by atoms with E-state index in [4.69, 9.17) is 5.73 Å². The summed E-state index contributed by atoms with van der Waals surface area (Å²) in [5, 5.41) is 0. The van der Waals surface area contributed by atoms with E-state index in [1.54, 1.807) is 0 Å². The Balaban J connectivity index is 2.17. The van der Waals surface area contributed by atoms with Crippen LogP contribution in [0.25, 0.3) is 0 Å². The lowest BCUT2D eigenvalue weighted by atomic mass is 10.1. The first kappa shape index (κ1) is 10.7. The first-order valence-electron chi connectivity index (χ1n) is 5.30. The molecule has 0 aromatic rings. The molecule has 13 heavy (non-hydrogen) atoms. The molecule has 1 heterocycles. The standard InChI is InChI=1S/C11H22N2/c1-10(2)5-3-7-13-8-4-6-11(12)9-13/h5,11H,3-4,6-9,12H2,1-2H3. The lowest BCUT2D eigenvalue weighted by molar-refractivity contribution is 0.212. The second-order valence-corrected chi connectivity index (χ2v) is 4.27. The molecule has 0 spiro atoms. The highest BCUT2D eigenvalue weighted by atomic mass is 15.1. The van der Waals surface area contributed by atoms with Crippen molar-refractivity contribution in [3.8, 4) is 0 Å². The number of hydrogen-bond acceptors (Lipinski definition) is 2. The van der Waals surface area contributed by atoms with E-state index in [-0.39, 0.29) is 0 Å². The third-order valence-electron chi connectivity index (χ3n) is 2.54. The summed E-state index contributed by atoms with van der Waals surface area (Å²) in [6, 6.07) is 0.417. The maximum atomic E-state index is 5.90. The Kier molecular flexibility index (Phi) is 4.46. The zero-order chi connectivity index (χ0) is 9.68. The first-order chi connectivity index (χ1) is 6.18. The molecule has 0 radical (unpaired) electrons. The summed E-state index contributed by atoms with van der Waals surface area (Å²) >= 11 is 0. The van der Waals surface area contributed by atoms with Crippen LogP contribution in [0.2, 0.25) is 0 Å². The molecule has 1 rings (SSSR count). The minimum absolute atomic E-state index is 0.417. The van der Waals surface area contributed by atoms with E-state index < -0.39 is 0 Å². The van der Waals surface area contributed by atoms with Gasteiger partial charge in [-0.25, -0.2) is 0 Å². The van der Waals surface area contributed by atoms with Crippen LogP contribution in [0, 0.1) is 0 Å². The zero-order valence-electron chi connectivity index (χ0n) is 8.92. The molecule has 0 aromatic heterocycles. The molecule has 0 aromatic carbocycles. The van der Waals surface area contributed by atoms with E-state index in [2.05, 4.69) is 24.8 Å². The molecule has 76 valence electrons. The molecular formula is C11H22N2. The van der Waals surface area contributed by atoms with Gasteiger partial charge in [0.25, 0.3) is 0 Å². The molecule has 1 fully saturated rings. The van der Waals surface area contributed by atoms with Gasteiger partial charge in [-0.3, -0.25) is 0 Å². The number of nitrogens with two attached hydrogens (primary N) is 1. The largest absolute Gasteiger partial charge is 0.327 e. The van der Waals surface area contributed by atoms with Crippen LogP contribution in [0.3, 0.4) is 0 Å². The van der Waals surface area contributed by atoms with Crippen molar-refractivity contribution in [1.82, 2.24) is 4.90 Å². The zero-order valence-corrected chi connectivity index (χ0v) is 8.92. The van der Waals surface area contributed by atoms with Crippen molar-refractivity contribution in [3.05, 3.63) is 11.6 Å². The Morgan fingerprint density at radius 3 is 2.92 bits per heavy atom. The fourth-order valence-electron chi connectivity index (χ4n) is 1.83. The van der Waals surface area contributed by atoms with E-state index in [1.165, 1.54) is 37.9 Å². The highest BCUT2D eigenvalue weighted by molar-refractivity contribution is 4.93. The van der Waals surface area contributed by atoms with Gasteiger partial charge in [0.05, 0.1) is 0 Å². The molecule has 2 N–H and O–H groups in total. The third-order valence-corrected chi connectivity index (χ3v) is 2.54. The van der Waals surface area contributed by atoms with E-state index in [1.807, 2.05) is 0 Å². The lowest BCUT2D eigenvalue weighted by Gasteiger charge is -2.30. The molecule has 0 amide bonds. The molecule has 2 heteroatoms. The summed E-state index contributed by atoms with van der Waals surface area (Å²) in [5.41, 5.74) is 7.32. The fourth-order valence-corrected chi connectivity index (χ4v) is 1.83. The first-order valence-corrected chi connectivity index (χ1v) is 5.30. The SMILES string of the molecule is CC(C)=CCCN1CCCC(N)C1. The van der Waals surface area contributed by atoms with Crippen molar-refractivity contribution in [2.75, 3.05) is 19.6 Å². The van der Waals surface area contributed by atoms with E-state index >= 15 is 0 Å². The van der Waals surface area contributed by atoms with E-state index in [0.29, 0.717) is 6.04 Å². The normalized spacial score (nSPS) is 24.4. The maximum Gasteiger partial charge on any atom is 0.0168 e. The molecule has 1 unspecified atom stereocenters. The number of allylic oxidation sites excluding steroid dienone is 1. The predicted octanol–water partition coefficient (Wildman–Crippen LogP) is 1.77. The number of likely N-dealkylation sites (tertiary alicyclic amines) is 1. The molecule has 0 saturated carbocycles. The second kappa shape index (κ2) is 5.40. The van der Waals surface area contributed by atoms with Crippen LogP contribution in [-0.2, 0) is 0 Å². The van der Waals surface area contributed by atoms with Crippen molar-refractivity contribution in [1.29, 1.82) is 0 Å². The monoisotopic (exact) mass is 182 g/mol. The number of hydrogen-bond donors (Lipinski definition) is 1. The van der Waals surface area contributed by atoms with Crippen LogP contribution in [0.4, 0.5) is 0 Å². The molecule has 1 aliphatic rings. The Morgan fingerprint density at radius 1 is 1.54 bits per heavy atom. The number of nitrogens with zero attached hydrogens (tertiary/aromatic N) is 1. The summed E-state index contributed by atoms with van der Waals surface area (Å²) in [6.07, 6.45) is 5.96. The smallest absolute Gasteiger partial charge is 0.0168 e. The average molecular weight is 182 g/mol. The van der Waals surface area contributed by atoms with Crippen LogP contribution < -0.4 is 5.73 Å². The van der Waals surface area contributed by atoms with Crippen molar-refractivity contribution in [2.24, 2.45) is 5.73 Å². The Morgan fingerprint density at radius 2 is 2.31 bits per heavy atom. The Labute approximate surface area is 81.8 Å². The Hall–Kier alpha value is -0.340. The predicted molar refractivity (Wildman–Crippen MR) is 57.7 cm³/mol. The molecule has 0 aliphatic carbocycles. The van der Waals surface area contributed by atoms with Gasteiger partial charge in [0, 0.05) is 19.1 Å². The van der Waals surface area contributed by atoms with Gasteiger partial charge < -0.3 is 10.6 Å². The third kappa shape index (κ3) is 4.44. The summed E-state index contributed by atoms with van der Waals surface area (Å²) in [6.45, 7) is 7.82. The summed E-state index contributed by atoms with van der Waals surface area (Å²) in [5.74, 6) is 0. The molecule has 1 saturated heterocycles. The van der Waals surface area contributed by atoms with Gasteiger partial charge in [0.2, 0.25) is 0 Å². The minimum atomic E-state index is 0.417. The number of rotatable bonds is 3. The minimum Gasteiger partial charge on any atom is -0.327 e. The van der Waals surface area contributed by atoms with Crippen molar-refractivity contribution in [2.45, 2.75) is 39.2 Å². The summed E-state index contributed by atoms with van der Waals surface area (Å²) in [4.78, 5) is 2.48. The maximum absolute atomic E-state index is 5.90. The van der Waals surface area contributed by atoms with Gasteiger partial charge in [-0.15, -0.1) is 0 Å². The quantitative estimate of drug-likeness (QED) is 0.674. The molecule has 2 nitrogen and oxygen atoms in total. The lowest BCUT2D eigenvalue weighted by Crippen LogP contribution is -2.42. The van der Waals surface area contributed by atoms with Gasteiger partial charge in [0.15, 0.2) is 0 Å². The van der Waals surface area contributed by atoms with Gasteiger partial charge in [-0.2, -0.15) is 0 Å². The highest BCUT2D eigenvalue weighted by Gasteiger charge is 2.14. The summed E-state index contributed by atoms with van der Waals surface area (Å²) < 4.78 is 0. The molecule has 0 bridgehead atoms. The van der Waals surface area contributed by atoms with Crippen molar-refractivity contribution < 1.29 is 0 Å². The van der Waals surface area contributed by atoms with E-state index in [0.717, 1.165) is 6.54 Å². The van der Waals surface area contributed by atoms with Crippen LogP contribution in [0.1, 0.15) is 33.1 Å². The van der Waals surface area contributed by atoms with Gasteiger partial charge in [0.1, 0.15) is 0 Å². The van der Waals surface area contributed by atoms with Gasteiger partial charge >= 0.3 is 0 Å². The average Bonchev–Trinajstić information content (AvgIpc) is 2.03. The van der Waals surface area contributed by atoms with Crippen molar-refractivity contribution in [3.63, 3.8) is 0 Å². The topological polar surface area (TPSA) is 29.3 Å². The van der Waals surface area contributed by atoms with Crippen LogP contribution >= 0.6 is 0 Å². The van der Waals surface area contributed by atoms with Crippen LogP contribution in [0.5, 0.6) is 0 Å². The summed E-state index contributed by atoms with van der Waals surface area (Å²) in [7, 11) is 0. The van der Waals surface area contributed by atoms with Crippen LogP contribution in [-0.4, -0.2) is 30.6 Å². The van der Waals surface area contributed by atoms with Crippen LogP contribution in [0.15, 0.2) is 11.6 Å². The second-order valence-electron chi connectivity index (χ2n) is 4.27. The number of piperidine rings is 1. The van der Waals surface area contributed by atoms with Gasteiger partial charge in [-0.1, -0.05) is 11.6 Å². The van der Waals surface area contributed by atoms with Gasteiger partial charge in [-0.05, 0) is 39.7 Å². The highest BCUT2D eigenvalue weighted by Crippen LogP contribution is 2.08. The Bertz CT molecular complexity index is 171. The molecular weight excluding hydrogens is 160 g/mol. The molecule has 1 atom stereocenters.